The van der Waals surface area contributed by atoms with E-state index in [1.807, 2.05) is 0 Å². The molecule has 0 aliphatic rings. The molecule has 1 N–H and O–H groups in total. The third-order valence-electron chi connectivity index (χ3n) is 9.08. The van der Waals surface area contributed by atoms with E-state index in [-0.39, 0.29) is 25.2 Å². The van der Waals surface area contributed by atoms with Crippen LogP contribution in [-0.4, -0.2) is 36.4 Å². The summed E-state index contributed by atoms with van der Waals surface area (Å²) >= 11 is 0. The first-order valence-corrected chi connectivity index (χ1v) is 20.0. The maximum absolute atomic E-state index is 12.1. The average Bonchev–Trinajstić information content (AvgIpc) is 3.02. The molecule has 0 bridgehead atoms. The van der Waals surface area contributed by atoms with E-state index in [0.717, 1.165) is 38.0 Å². The maximum atomic E-state index is 12.1. The number of hydrogen-bond acceptors (Lipinski definition) is 5. The lowest BCUT2D eigenvalue weighted by Crippen LogP contribution is -2.28. The van der Waals surface area contributed by atoms with Gasteiger partial charge in [0.1, 0.15) is 6.61 Å². The van der Waals surface area contributed by atoms with Crippen molar-refractivity contribution in [2.75, 3.05) is 13.2 Å². The molecule has 268 valence electrons. The Labute approximate surface area is 280 Å². The van der Waals surface area contributed by atoms with E-state index >= 15 is 0 Å². The monoisotopic (exact) mass is 639 g/mol. The van der Waals surface area contributed by atoms with E-state index in [1.54, 1.807) is 0 Å². The summed E-state index contributed by atoms with van der Waals surface area (Å²) in [5.74, 6) is 0.279. The Balaban J connectivity index is 3.48. The van der Waals surface area contributed by atoms with Gasteiger partial charge in [-0.15, -0.1) is 0 Å². The molecule has 0 heterocycles. The smallest absolute Gasteiger partial charge is 0.306 e. The second-order valence-corrected chi connectivity index (χ2v) is 14.2. The number of ether oxygens (including phenoxy) is 2. The predicted molar refractivity (Wildman–Crippen MR) is 192 cm³/mol. The zero-order valence-electron chi connectivity index (χ0n) is 30.6. The lowest BCUT2D eigenvalue weighted by atomic mass is 10.0. The summed E-state index contributed by atoms with van der Waals surface area (Å²) in [6, 6.07) is 0. The standard InChI is InChI=1S/C40H78O5/c1-4-5-6-7-8-9-10-14-19-22-25-28-31-34-40(43)45-38(35-41)36-44-39(42)33-30-27-24-21-18-16-13-11-12-15-17-20-23-26-29-32-37(2)3/h37-38,41H,4-36H2,1-3H3/t38-/m0/s1. The Bertz CT molecular complexity index is 620. The number of hydrogen-bond donors (Lipinski definition) is 1. The number of unbranched alkanes of at least 4 members (excludes halogenated alkanes) is 26. The second kappa shape index (κ2) is 35.7. The number of aliphatic hydroxyl groups excluding tert-OH is 1. The van der Waals surface area contributed by atoms with Gasteiger partial charge in [0.25, 0.3) is 0 Å². The van der Waals surface area contributed by atoms with Crippen LogP contribution in [0.4, 0.5) is 0 Å². The van der Waals surface area contributed by atoms with Gasteiger partial charge in [-0.1, -0.05) is 194 Å². The first-order valence-electron chi connectivity index (χ1n) is 20.0. The van der Waals surface area contributed by atoms with E-state index in [0.29, 0.717) is 12.8 Å². The van der Waals surface area contributed by atoms with Gasteiger partial charge in [-0.25, -0.2) is 0 Å². The molecule has 0 saturated carbocycles. The summed E-state index contributed by atoms with van der Waals surface area (Å²) < 4.78 is 10.6. The van der Waals surface area contributed by atoms with Gasteiger partial charge in [-0.05, 0) is 18.8 Å². The highest BCUT2D eigenvalue weighted by molar-refractivity contribution is 5.70. The van der Waals surface area contributed by atoms with Crippen molar-refractivity contribution in [2.45, 2.75) is 226 Å². The lowest BCUT2D eigenvalue weighted by Gasteiger charge is -2.15. The Morgan fingerprint density at radius 1 is 0.489 bits per heavy atom. The molecule has 0 aliphatic carbocycles. The van der Waals surface area contributed by atoms with Gasteiger partial charge >= 0.3 is 11.9 Å². The topological polar surface area (TPSA) is 72.8 Å². The number of aliphatic hydroxyl groups is 1. The normalized spacial score (nSPS) is 12.1. The summed E-state index contributed by atoms with van der Waals surface area (Å²) in [6.45, 7) is 6.52. The summed E-state index contributed by atoms with van der Waals surface area (Å²) in [5.41, 5.74) is 0. The van der Waals surface area contributed by atoms with Gasteiger partial charge in [-0.3, -0.25) is 9.59 Å². The minimum Gasteiger partial charge on any atom is -0.462 e. The Kier molecular flexibility index (Phi) is 34.9. The van der Waals surface area contributed by atoms with Crippen molar-refractivity contribution in [3.63, 3.8) is 0 Å². The molecule has 0 fully saturated rings. The van der Waals surface area contributed by atoms with Crippen LogP contribution in [0.2, 0.25) is 0 Å². The number of carbonyl (C=O) groups excluding carboxylic acids is 2. The van der Waals surface area contributed by atoms with Crippen LogP contribution in [0.3, 0.4) is 0 Å². The second-order valence-electron chi connectivity index (χ2n) is 14.2. The third-order valence-corrected chi connectivity index (χ3v) is 9.08. The maximum Gasteiger partial charge on any atom is 0.306 e. The minimum atomic E-state index is -0.761. The largest absolute Gasteiger partial charge is 0.462 e. The third kappa shape index (κ3) is 35.6. The molecule has 0 aromatic heterocycles. The molecule has 5 nitrogen and oxygen atoms in total. The molecule has 5 heteroatoms. The van der Waals surface area contributed by atoms with Gasteiger partial charge in [0.05, 0.1) is 6.61 Å². The molecule has 0 aromatic rings. The van der Waals surface area contributed by atoms with Crippen LogP contribution in [0.1, 0.15) is 220 Å². The Hall–Kier alpha value is -1.10. The van der Waals surface area contributed by atoms with Crippen molar-refractivity contribution in [3.8, 4) is 0 Å². The van der Waals surface area contributed by atoms with Crippen LogP contribution >= 0.6 is 0 Å². The van der Waals surface area contributed by atoms with Crippen LogP contribution < -0.4 is 0 Å². The Morgan fingerprint density at radius 3 is 1.18 bits per heavy atom. The van der Waals surface area contributed by atoms with Gasteiger partial charge in [0.2, 0.25) is 0 Å². The van der Waals surface area contributed by atoms with Crippen LogP contribution in [0.15, 0.2) is 0 Å². The van der Waals surface area contributed by atoms with E-state index in [4.69, 9.17) is 9.47 Å². The Morgan fingerprint density at radius 2 is 0.822 bits per heavy atom. The summed E-state index contributed by atoms with van der Waals surface area (Å²) in [7, 11) is 0. The molecular formula is C40H78O5. The molecule has 0 unspecified atom stereocenters. The first kappa shape index (κ1) is 43.9. The molecular weight excluding hydrogens is 560 g/mol. The van der Waals surface area contributed by atoms with Crippen LogP contribution in [0, 0.1) is 5.92 Å². The minimum absolute atomic E-state index is 0.0576. The molecule has 0 rings (SSSR count). The molecule has 0 aromatic carbocycles. The number of carbonyl (C=O) groups is 2. The van der Waals surface area contributed by atoms with Crippen molar-refractivity contribution in [1.29, 1.82) is 0 Å². The highest BCUT2D eigenvalue weighted by Gasteiger charge is 2.16. The fraction of sp³-hybridized carbons (Fsp3) is 0.950. The van der Waals surface area contributed by atoms with E-state index < -0.39 is 6.10 Å². The molecule has 0 aliphatic heterocycles. The van der Waals surface area contributed by atoms with Crippen LogP contribution in [-0.2, 0) is 19.1 Å². The molecule has 0 saturated heterocycles. The first-order chi connectivity index (χ1) is 22.0. The van der Waals surface area contributed by atoms with E-state index in [1.165, 1.54) is 154 Å². The van der Waals surface area contributed by atoms with Crippen LogP contribution in [0.25, 0.3) is 0 Å². The quantitative estimate of drug-likeness (QED) is 0.0546. The molecule has 0 spiro atoms. The molecule has 0 amide bonds. The van der Waals surface area contributed by atoms with Crippen molar-refractivity contribution >= 4 is 11.9 Å². The van der Waals surface area contributed by atoms with Crippen molar-refractivity contribution in [1.82, 2.24) is 0 Å². The summed E-state index contributed by atoms with van der Waals surface area (Å²) in [5, 5.41) is 9.54. The van der Waals surface area contributed by atoms with Gasteiger partial charge in [0.15, 0.2) is 6.10 Å². The SMILES string of the molecule is CCCCCCCCCCCCCCCC(=O)O[C@@H](CO)COC(=O)CCCCCCCCCCCCCCCCCC(C)C. The predicted octanol–water partition coefficient (Wildman–Crippen LogP) is 12.2. The summed E-state index contributed by atoms with van der Waals surface area (Å²) in [4.78, 5) is 24.2. The zero-order chi connectivity index (χ0) is 33.1. The van der Waals surface area contributed by atoms with Crippen LogP contribution in [0.5, 0.6) is 0 Å². The zero-order valence-corrected chi connectivity index (χ0v) is 30.6. The van der Waals surface area contributed by atoms with Crippen molar-refractivity contribution < 1.29 is 24.2 Å². The fourth-order valence-corrected chi connectivity index (χ4v) is 6.03. The average molecular weight is 639 g/mol. The van der Waals surface area contributed by atoms with Gasteiger partial charge < -0.3 is 14.6 Å². The van der Waals surface area contributed by atoms with E-state index in [9.17, 15) is 14.7 Å². The number of esters is 2. The summed E-state index contributed by atoms with van der Waals surface area (Å²) in [6.07, 6.45) is 37.3. The number of rotatable bonds is 36. The van der Waals surface area contributed by atoms with Crippen molar-refractivity contribution in [3.05, 3.63) is 0 Å². The van der Waals surface area contributed by atoms with Crippen molar-refractivity contribution in [2.24, 2.45) is 5.92 Å². The molecule has 45 heavy (non-hydrogen) atoms. The van der Waals surface area contributed by atoms with Gasteiger partial charge in [0, 0.05) is 12.8 Å². The highest BCUT2D eigenvalue weighted by Crippen LogP contribution is 2.16. The molecule has 0 radical (unpaired) electrons. The highest BCUT2D eigenvalue weighted by atomic mass is 16.6. The van der Waals surface area contributed by atoms with Gasteiger partial charge in [-0.2, -0.15) is 0 Å². The van der Waals surface area contributed by atoms with E-state index in [2.05, 4.69) is 20.8 Å². The lowest BCUT2D eigenvalue weighted by molar-refractivity contribution is -0.161. The fourth-order valence-electron chi connectivity index (χ4n) is 6.03. The molecule has 1 atom stereocenters.